The van der Waals surface area contributed by atoms with Gasteiger partial charge in [0.1, 0.15) is 4.83 Å². The van der Waals surface area contributed by atoms with Crippen LogP contribution < -0.4 is 10.9 Å². The van der Waals surface area contributed by atoms with Gasteiger partial charge in [-0.3, -0.25) is 14.2 Å². The number of aryl methyl sites for hydroxylation is 2. The Morgan fingerprint density at radius 3 is 2.91 bits per heavy atom. The quantitative estimate of drug-likeness (QED) is 0.759. The summed E-state index contributed by atoms with van der Waals surface area (Å²) in [5.41, 5.74) is 0.578. The lowest BCUT2D eigenvalue weighted by Crippen LogP contribution is -2.26. The lowest BCUT2D eigenvalue weighted by Gasteiger charge is -2.04. The molecule has 2 rings (SSSR count). The Bertz CT molecular complexity index is 721. The minimum Gasteiger partial charge on any atom is -0.395 e. The number of nitrogens with zero attached hydrogens (tertiary/aromatic N) is 2. The zero-order valence-corrected chi connectivity index (χ0v) is 13.7. The fraction of sp³-hybridized carbons (Fsp3) is 0.533. The minimum absolute atomic E-state index is 0.0870. The van der Waals surface area contributed by atoms with E-state index in [4.69, 9.17) is 5.11 Å². The Hall–Kier alpha value is -1.73. The van der Waals surface area contributed by atoms with Crippen molar-refractivity contribution in [3.05, 3.63) is 27.1 Å². The van der Waals surface area contributed by atoms with E-state index in [9.17, 15) is 9.59 Å². The van der Waals surface area contributed by atoms with Crippen LogP contribution in [0.4, 0.5) is 0 Å². The van der Waals surface area contributed by atoms with E-state index < -0.39 is 0 Å². The Morgan fingerprint density at radius 2 is 2.23 bits per heavy atom. The van der Waals surface area contributed by atoms with Crippen LogP contribution in [0, 0.1) is 6.92 Å². The molecule has 0 fully saturated rings. The molecule has 0 saturated heterocycles. The molecule has 2 heterocycles. The number of aliphatic hydroxyl groups is 1. The third-order valence-electron chi connectivity index (χ3n) is 3.52. The van der Waals surface area contributed by atoms with Gasteiger partial charge in [0.25, 0.3) is 11.5 Å². The van der Waals surface area contributed by atoms with Crippen LogP contribution in [-0.4, -0.2) is 33.7 Å². The standard InChI is InChI=1S/C15H21N3O3S/c1-3-4-5-7-18-9-17-14-11(15(18)21)10(2)12(22-14)13(20)16-6-8-19/h9,19H,3-8H2,1-2H3,(H,16,20). The Labute approximate surface area is 132 Å². The molecule has 0 aliphatic heterocycles. The predicted octanol–water partition coefficient (Wildman–Crippen LogP) is 1.68. The van der Waals surface area contributed by atoms with Gasteiger partial charge in [-0.15, -0.1) is 11.3 Å². The zero-order chi connectivity index (χ0) is 16.1. The number of fused-ring (bicyclic) bond motifs is 1. The summed E-state index contributed by atoms with van der Waals surface area (Å²) in [6, 6.07) is 0. The van der Waals surface area contributed by atoms with Gasteiger partial charge in [-0.2, -0.15) is 0 Å². The molecule has 120 valence electrons. The summed E-state index contributed by atoms with van der Waals surface area (Å²) >= 11 is 1.22. The number of carbonyl (C=O) groups excluding carboxylic acids is 1. The summed E-state index contributed by atoms with van der Waals surface area (Å²) in [5.74, 6) is -0.272. The maximum atomic E-state index is 12.6. The van der Waals surface area contributed by atoms with E-state index in [1.165, 1.54) is 11.3 Å². The second-order valence-corrected chi connectivity index (χ2v) is 6.17. The van der Waals surface area contributed by atoms with Gasteiger partial charge in [-0.1, -0.05) is 19.8 Å². The first kappa shape index (κ1) is 16.6. The van der Waals surface area contributed by atoms with Crippen LogP contribution in [0.25, 0.3) is 10.2 Å². The van der Waals surface area contributed by atoms with Crippen LogP contribution >= 0.6 is 11.3 Å². The number of aromatic nitrogens is 2. The second kappa shape index (κ2) is 7.51. The largest absolute Gasteiger partial charge is 0.395 e. The van der Waals surface area contributed by atoms with Crippen molar-refractivity contribution >= 4 is 27.5 Å². The number of hydrogen-bond acceptors (Lipinski definition) is 5. The van der Waals surface area contributed by atoms with Crippen LogP contribution in [0.5, 0.6) is 0 Å². The average molecular weight is 323 g/mol. The van der Waals surface area contributed by atoms with Gasteiger partial charge in [0.2, 0.25) is 0 Å². The zero-order valence-electron chi connectivity index (χ0n) is 12.9. The Morgan fingerprint density at radius 1 is 1.45 bits per heavy atom. The first-order valence-electron chi connectivity index (χ1n) is 7.47. The second-order valence-electron chi connectivity index (χ2n) is 5.17. The molecule has 7 heteroatoms. The summed E-state index contributed by atoms with van der Waals surface area (Å²) in [6.45, 7) is 4.62. The van der Waals surface area contributed by atoms with E-state index in [1.54, 1.807) is 17.8 Å². The van der Waals surface area contributed by atoms with Crippen LogP contribution in [0.1, 0.15) is 41.4 Å². The Balaban J connectivity index is 2.36. The number of unbranched alkanes of at least 4 members (excludes halogenated alkanes) is 2. The third-order valence-corrected chi connectivity index (χ3v) is 4.72. The van der Waals surface area contributed by atoms with E-state index in [0.717, 1.165) is 19.3 Å². The first-order valence-corrected chi connectivity index (χ1v) is 8.29. The highest BCUT2D eigenvalue weighted by Gasteiger charge is 2.19. The van der Waals surface area contributed by atoms with E-state index in [2.05, 4.69) is 17.2 Å². The maximum absolute atomic E-state index is 12.6. The molecule has 2 N–H and O–H groups in total. The van der Waals surface area contributed by atoms with Gasteiger partial charge in [0.15, 0.2) is 0 Å². The molecule has 0 bridgehead atoms. The fourth-order valence-electron chi connectivity index (χ4n) is 2.32. The van der Waals surface area contributed by atoms with Crippen molar-refractivity contribution in [1.29, 1.82) is 0 Å². The van der Waals surface area contributed by atoms with Crippen LogP contribution in [0.15, 0.2) is 11.1 Å². The molecule has 2 aromatic rings. The monoisotopic (exact) mass is 323 g/mol. The van der Waals surface area contributed by atoms with Crippen molar-refractivity contribution in [2.45, 2.75) is 39.7 Å². The number of aliphatic hydroxyl groups excluding tert-OH is 1. The number of carbonyl (C=O) groups is 1. The van der Waals surface area contributed by atoms with Crippen molar-refractivity contribution in [3.63, 3.8) is 0 Å². The molecular formula is C15H21N3O3S. The number of hydrogen-bond donors (Lipinski definition) is 2. The van der Waals surface area contributed by atoms with Crippen molar-refractivity contribution < 1.29 is 9.90 Å². The van der Waals surface area contributed by atoms with Crippen molar-refractivity contribution in [1.82, 2.24) is 14.9 Å². The first-order chi connectivity index (χ1) is 10.6. The molecule has 2 aromatic heterocycles. The average Bonchev–Trinajstić information content (AvgIpc) is 2.85. The van der Waals surface area contributed by atoms with Crippen LogP contribution in [0.3, 0.4) is 0 Å². The molecule has 1 amide bonds. The highest BCUT2D eigenvalue weighted by Crippen LogP contribution is 2.26. The molecule has 0 radical (unpaired) electrons. The predicted molar refractivity (Wildman–Crippen MR) is 87.6 cm³/mol. The number of nitrogens with one attached hydrogen (secondary N) is 1. The van der Waals surface area contributed by atoms with Crippen molar-refractivity contribution in [2.24, 2.45) is 0 Å². The number of amides is 1. The lowest BCUT2D eigenvalue weighted by atomic mass is 10.2. The van der Waals surface area contributed by atoms with Gasteiger partial charge < -0.3 is 10.4 Å². The number of thiophene rings is 1. The molecule has 0 saturated carbocycles. The van der Waals surface area contributed by atoms with Crippen LogP contribution in [0.2, 0.25) is 0 Å². The molecular weight excluding hydrogens is 302 g/mol. The van der Waals surface area contributed by atoms with E-state index in [1.807, 2.05) is 0 Å². The topological polar surface area (TPSA) is 84.2 Å². The van der Waals surface area contributed by atoms with E-state index in [-0.39, 0.29) is 24.6 Å². The fourth-order valence-corrected chi connectivity index (χ4v) is 3.37. The maximum Gasteiger partial charge on any atom is 0.262 e. The molecule has 0 unspecified atom stereocenters. The van der Waals surface area contributed by atoms with Crippen LogP contribution in [-0.2, 0) is 6.54 Å². The van der Waals surface area contributed by atoms with Gasteiger partial charge in [0.05, 0.1) is 23.2 Å². The SMILES string of the molecule is CCCCCn1cnc2sc(C(=O)NCCO)c(C)c2c1=O. The molecule has 0 spiro atoms. The molecule has 0 aliphatic carbocycles. The molecule has 22 heavy (non-hydrogen) atoms. The number of rotatable bonds is 7. The van der Waals surface area contributed by atoms with E-state index >= 15 is 0 Å². The van der Waals surface area contributed by atoms with E-state index in [0.29, 0.717) is 27.2 Å². The third kappa shape index (κ3) is 3.36. The van der Waals surface area contributed by atoms with Gasteiger partial charge in [-0.25, -0.2) is 4.98 Å². The smallest absolute Gasteiger partial charge is 0.262 e. The Kier molecular flexibility index (Phi) is 5.68. The van der Waals surface area contributed by atoms with Crippen molar-refractivity contribution in [3.8, 4) is 0 Å². The highest BCUT2D eigenvalue weighted by molar-refractivity contribution is 7.20. The normalized spacial score (nSPS) is 11.0. The molecule has 0 atom stereocenters. The van der Waals surface area contributed by atoms with Gasteiger partial charge >= 0.3 is 0 Å². The lowest BCUT2D eigenvalue weighted by molar-refractivity contribution is 0.0948. The molecule has 0 aromatic carbocycles. The highest BCUT2D eigenvalue weighted by atomic mass is 32.1. The van der Waals surface area contributed by atoms with Gasteiger partial charge in [0, 0.05) is 13.1 Å². The summed E-state index contributed by atoms with van der Waals surface area (Å²) in [5, 5.41) is 11.9. The minimum atomic E-state index is -0.272. The molecule has 6 nitrogen and oxygen atoms in total. The molecule has 0 aliphatic rings. The summed E-state index contributed by atoms with van der Waals surface area (Å²) in [6.07, 6.45) is 4.67. The summed E-state index contributed by atoms with van der Waals surface area (Å²) in [7, 11) is 0. The van der Waals surface area contributed by atoms with Crippen molar-refractivity contribution in [2.75, 3.05) is 13.2 Å². The summed E-state index contributed by atoms with van der Waals surface area (Å²) < 4.78 is 1.62. The summed E-state index contributed by atoms with van der Waals surface area (Å²) in [4.78, 5) is 30.0. The van der Waals surface area contributed by atoms with Gasteiger partial charge in [-0.05, 0) is 18.9 Å².